The van der Waals surface area contributed by atoms with E-state index in [4.69, 9.17) is 8.92 Å². The van der Waals surface area contributed by atoms with Crippen LogP contribution in [0.4, 0.5) is 4.79 Å². The largest absolute Gasteiger partial charge is 0.452 e. The summed E-state index contributed by atoms with van der Waals surface area (Å²) in [6, 6.07) is 0. The number of fused-ring (bicyclic) bond motifs is 1. The van der Waals surface area contributed by atoms with Gasteiger partial charge in [-0.15, -0.1) is 0 Å². The van der Waals surface area contributed by atoms with Gasteiger partial charge >= 0.3 is 16.4 Å². The van der Waals surface area contributed by atoms with E-state index in [0.29, 0.717) is 23.8 Å². The second-order valence-corrected chi connectivity index (χ2v) is 4.70. The average Bonchev–Trinajstić information content (AvgIpc) is 2.46. The molecule has 0 aromatic heterocycles. The number of amides is 1. The van der Waals surface area contributed by atoms with Gasteiger partial charge in [-0.05, 0) is 12.8 Å². The van der Waals surface area contributed by atoms with Crippen LogP contribution in [0.3, 0.4) is 0 Å². The highest BCUT2D eigenvalue weighted by molar-refractivity contribution is 7.85. The van der Waals surface area contributed by atoms with E-state index in [9.17, 15) is 13.2 Å². The van der Waals surface area contributed by atoms with Gasteiger partial charge in [0.05, 0.1) is 7.11 Å². The third kappa shape index (κ3) is 1.68. The first-order valence-electron chi connectivity index (χ1n) is 4.48. The molecule has 0 aromatic carbocycles. The number of methoxy groups -OCH3 is 1. The van der Waals surface area contributed by atoms with Crippen LogP contribution in [0.1, 0.15) is 12.8 Å². The summed E-state index contributed by atoms with van der Waals surface area (Å²) in [5.74, 6) is 0. The summed E-state index contributed by atoms with van der Waals surface area (Å²) in [5, 5.41) is 0. The molecule has 2 aliphatic heterocycles. The fourth-order valence-corrected chi connectivity index (χ4v) is 2.97. The van der Waals surface area contributed by atoms with E-state index in [2.05, 4.69) is 4.74 Å². The maximum Gasteiger partial charge on any atom is 0.427 e. The highest BCUT2D eigenvalue weighted by Crippen LogP contribution is 2.32. The second-order valence-electron chi connectivity index (χ2n) is 3.26. The SMILES string of the molecule is COC(=O)N1[C@H]2OCCC[C@H]2OS1(=O)=O. The first-order chi connectivity index (χ1) is 7.06. The van der Waals surface area contributed by atoms with E-state index in [0.717, 1.165) is 7.11 Å². The molecule has 0 saturated carbocycles. The number of ether oxygens (including phenoxy) is 2. The third-order valence-corrected chi connectivity index (χ3v) is 3.64. The van der Waals surface area contributed by atoms with Gasteiger partial charge < -0.3 is 9.47 Å². The smallest absolute Gasteiger partial charge is 0.427 e. The molecule has 0 aromatic rings. The van der Waals surface area contributed by atoms with Crippen molar-refractivity contribution in [2.45, 2.75) is 25.2 Å². The number of carbonyl (C=O) groups is 1. The molecule has 2 saturated heterocycles. The molecule has 1 amide bonds. The first kappa shape index (κ1) is 10.7. The van der Waals surface area contributed by atoms with Crippen molar-refractivity contribution < 1.29 is 26.9 Å². The molecule has 2 aliphatic rings. The molecule has 86 valence electrons. The lowest BCUT2D eigenvalue weighted by Gasteiger charge is -2.26. The van der Waals surface area contributed by atoms with Gasteiger partial charge in [-0.25, -0.2) is 8.98 Å². The van der Waals surface area contributed by atoms with Crippen molar-refractivity contribution in [2.24, 2.45) is 0 Å². The Morgan fingerprint density at radius 3 is 2.93 bits per heavy atom. The van der Waals surface area contributed by atoms with E-state index in [1.54, 1.807) is 0 Å². The summed E-state index contributed by atoms with van der Waals surface area (Å²) in [4.78, 5) is 11.2. The number of hydrogen-bond donors (Lipinski definition) is 0. The standard InChI is InChI=1S/C7H11NO6S/c1-12-7(9)8-6-5(3-2-4-13-6)14-15(8,10)11/h5-6H,2-4H2,1H3/t5-,6+/m1/s1. The van der Waals surface area contributed by atoms with E-state index >= 15 is 0 Å². The van der Waals surface area contributed by atoms with Crippen LogP contribution in [-0.4, -0.2) is 44.9 Å². The Morgan fingerprint density at radius 1 is 1.53 bits per heavy atom. The fourth-order valence-electron chi connectivity index (χ4n) is 1.67. The van der Waals surface area contributed by atoms with Gasteiger partial charge in [0.25, 0.3) is 0 Å². The van der Waals surface area contributed by atoms with Crippen molar-refractivity contribution in [1.29, 1.82) is 0 Å². The normalized spacial score (nSPS) is 33.5. The molecule has 2 fully saturated rings. The fraction of sp³-hybridized carbons (Fsp3) is 0.857. The van der Waals surface area contributed by atoms with Gasteiger partial charge in [0.15, 0.2) is 6.23 Å². The van der Waals surface area contributed by atoms with E-state index < -0.39 is 28.7 Å². The zero-order valence-electron chi connectivity index (χ0n) is 8.08. The van der Waals surface area contributed by atoms with Crippen molar-refractivity contribution in [1.82, 2.24) is 4.31 Å². The van der Waals surface area contributed by atoms with Crippen LogP contribution >= 0.6 is 0 Å². The quantitative estimate of drug-likeness (QED) is 0.582. The van der Waals surface area contributed by atoms with Crippen molar-refractivity contribution in [3.05, 3.63) is 0 Å². The van der Waals surface area contributed by atoms with Gasteiger partial charge in [-0.1, -0.05) is 0 Å². The monoisotopic (exact) mass is 237 g/mol. The molecule has 7 nitrogen and oxygen atoms in total. The Labute approximate surface area is 87.1 Å². The number of hydrogen-bond acceptors (Lipinski definition) is 6. The van der Waals surface area contributed by atoms with E-state index in [1.807, 2.05) is 0 Å². The van der Waals surface area contributed by atoms with Crippen LogP contribution < -0.4 is 0 Å². The van der Waals surface area contributed by atoms with Crippen molar-refractivity contribution in [2.75, 3.05) is 13.7 Å². The lowest BCUT2D eigenvalue weighted by atomic mass is 10.1. The molecule has 0 unspecified atom stereocenters. The van der Waals surface area contributed by atoms with Gasteiger partial charge in [0.2, 0.25) is 0 Å². The minimum absolute atomic E-state index is 0.410. The molecular formula is C7H11NO6S. The Balaban J connectivity index is 2.29. The van der Waals surface area contributed by atoms with Crippen LogP contribution in [0, 0.1) is 0 Å². The van der Waals surface area contributed by atoms with Crippen molar-refractivity contribution >= 4 is 16.4 Å². The summed E-state index contributed by atoms with van der Waals surface area (Å²) in [7, 11) is -2.94. The van der Waals surface area contributed by atoms with Gasteiger partial charge in [-0.3, -0.25) is 0 Å². The zero-order chi connectivity index (χ0) is 11.1. The number of nitrogens with zero attached hydrogens (tertiary/aromatic N) is 1. The highest BCUT2D eigenvalue weighted by Gasteiger charge is 2.51. The number of carbonyl (C=O) groups excluding carboxylic acids is 1. The van der Waals surface area contributed by atoms with Gasteiger partial charge in [-0.2, -0.15) is 12.7 Å². The molecule has 15 heavy (non-hydrogen) atoms. The van der Waals surface area contributed by atoms with Crippen molar-refractivity contribution in [3.63, 3.8) is 0 Å². The second kappa shape index (κ2) is 3.62. The summed E-state index contributed by atoms with van der Waals surface area (Å²) in [5.41, 5.74) is 0. The van der Waals surface area contributed by atoms with Crippen LogP contribution in [0.5, 0.6) is 0 Å². The topological polar surface area (TPSA) is 82.1 Å². The van der Waals surface area contributed by atoms with Crippen molar-refractivity contribution in [3.8, 4) is 0 Å². The Hall–Kier alpha value is -0.860. The van der Waals surface area contributed by atoms with E-state index in [1.165, 1.54) is 0 Å². The summed E-state index contributed by atoms with van der Waals surface area (Å²) in [6.07, 6.45) is -1.20. The van der Waals surface area contributed by atoms with Crippen LogP contribution in [0.2, 0.25) is 0 Å². The molecule has 2 heterocycles. The van der Waals surface area contributed by atoms with Crippen LogP contribution in [-0.2, 0) is 24.0 Å². The lowest BCUT2D eigenvalue weighted by molar-refractivity contribution is -0.0775. The molecule has 2 rings (SSSR count). The molecular weight excluding hydrogens is 226 g/mol. The van der Waals surface area contributed by atoms with Crippen LogP contribution in [0.15, 0.2) is 0 Å². The molecule has 0 spiro atoms. The average molecular weight is 237 g/mol. The molecule has 0 N–H and O–H groups in total. The first-order valence-corrected chi connectivity index (χ1v) is 5.85. The highest BCUT2D eigenvalue weighted by atomic mass is 32.2. The van der Waals surface area contributed by atoms with E-state index in [-0.39, 0.29) is 0 Å². The zero-order valence-corrected chi connectivity index (χ0v) is 8.90. The molecule has 2 atom stereocenters. The predicted molar refractivity (Wildman–Crippen MR) is 47.0 cm³/mol. The minimum Gasteiger partial charge on any atom is -0.452 e. The molecule has 0 aliphatic carbocycles. The Morgan fingerprint density at radius 2 is 2.27 bits per heavy atom. The predicted octanol–water partition coefficient (Wildman–Crippen LogP) is -0.165. The minimum atomic E-state index is -4.05. The molecule has 8 heteroatoms. The molecule has 0 bridgehead atoms. The van der Waals surface area contributed by atoms with Gasteiger partial charge in [0, 0.05) is 6.61 Å². The maximum atomic E-state index is 11.5. The summed E-state index contributed by atoms with van der Waals surface area (Å²) >= 11 is 0. The maximum absolute atomic E-state index is 11.5. The Kier molecular flexibility index (Phi) is 2.57. The Bertz CT molecular complexity index is 366. The third-order valence-electron chi connectivity index (χ3n) is 2.31. The summed E-state index contributed by atoms with van der Waals surface area (Å²) in [6.45, 7) is 0.410. The summed E-state index contributed by atoms with van der Waals surface area (Å²) < 4.78 is 37.7. The number of rotatable bonds is 0. The lowest BCUT2D eigenvalue weighted by Crippen LogP contribution is -2.45. The van der Waals surface area contributed by atoms with Gasteiger partial charge in [0.1, 0.15) is 6.10 Å². The van der Waals surface area contributed by atoms with Crippen LogP contribution in [0.25, 0.3) is 0 Å². The molecule has 0 radical (unpaired) electrons.